The summed E-state index contributed by atoms with van der Waals surface area (Å²) >= 11 is 6.10. The van der Waals surface area contributed by atoms with Gasteiger partial charge in [-0.05, 0) is 118 Å². The molecule has 0 bridgehead atoms. The number of likely N-dealkylation sites (N-methyl/N-ethyl adjacent to an activating group) is 6. The van der Waals surface area contributed by atoms with Crippen LogP contribution in [0.2, 0.25) is 5.02 Å². The third-order valence-electron chi connectivity index (χ3n) is 19.3. The van der Waals surface area contributed by atoms with Crippen LogP contribution in [0, 0.1) is 17.8 Å². The topological polar surface area (TPSA) is 259 Å². The number of amides is 11. The zero-order valence-electron chi connectivity index (χ0n) is 56.7. The van der Waals surface area contributed by atoms with Crippen molar-refractivity contribution in [2.75, 3.05) is 68.5 Å². The number of alkyl halides is 6. The van der Waals surface area contributed by atoms with Crippen molar-refractivity contribution in [3.8, 4) is 0 Å². The van der Waals surface area contributed by atoms with E-state index in [2.05, 4.69) is 21.3 Å². The van der Waals surface area contributed by atoms with Crippen molar-refractivity contribution in [1.29, 1.82) is 0 Å². The molecule has 22 nitrogen and oxygen atoms in total. The van der Waals surface area contributed by atoms with Gasteiger partial charge in [0.05, 0.1) is 35.8 Å². The Morgan fingerprint density at radius 3 is 1.79 bits per heavy atom. The molecule has 0 radical (unpaired) electrons. The summed E-state index contributed by atoms with van der Waals surface area (Å²) in [6.07, 6.45) is -5.57. The molecular weight excluding hydrogens is 1280 g/mol. The summed E-state index contributed by atoms with van der Waals surface area (Å²) in [5, 5.41) is 10.8. The number of fused-ring (bicyclic) bond motifs is 1. The average Bonchev–Trinajstić information content (AvgIpc) is 1.53. The molecule has 0 aromatic heterocycles. The van der Waals surface area contributed by atoms with E-state index >= 15 is 9.59 Å². The van der Waals surface area contributed by atoms with Crippen LogP contribution >= 0.6 is 11.6 Å². The maximum atomic E-state index is 15.2. The molecule has 2 saturated heterocycles. The quantitative estimate of drug-likeness (QED) is 0.201. The maximum absolute atomic E-state index is 15.2. The summed E-state index contributed by atoms with van der Waals surface area (Å²) < 4.78 is 82.6. The van der Waals surface area contributed by atoms with Crippen LogP contribution in [0.15, 0.2) is 42.5 Å². The molecule has 29 heteroatoms. The number of rotatable bonds is 10. The van der Waals surface area contributed by atoms with E-state index in [9.17, 15) is 69.5 Å². The monoisotopic (exact) mass is 1380 g/mol. The number of nitrogens with zero attached hydrogens (tertiary/aromatic N) is 7. The van der Waals surface area contributed by atoms with Crippen molar-refractivity contribution in [2.45, 2.75) is 198 Å². The van der Waals surface area contributed by atoms with E-state index in [4.69, 9.17) is 11.6 Å². The predicted molar refractivity (Wildman–Crippen MR) is 344 cm³/mol. The Labute approximate surface area is 562 Å². The lowest BCUT2D eigenvalue weighted by atomic mass is 9.90. The van der Waals surface area contributed by atoms with Gasteiger partial charge in [-0.15, -0.1) is 0 Å². The third-order valence-corrected chi connectivity index (χ3v) is 19.6. The summed E-state index contributed by atoms with van der Waals surface area (Å²) in [5.74, 6) is -8.90. The van der Waals surface area contributed by atoms with Gasteiger partial charge in [0.2, 0.25) is 65.0 Å². The van der Waals surface area contributed by atoms with Crippen LogP contribution < -0.4 is 21.3 Å². The number of carbonyl (C=O) groups excluding carboxylic acids is 11. The molecule has 2 aliphatic heterocycles. The fourth-order valence-electron chi connectivity index (χ4n) is 13.4. The van der Waals surface area contributed by atoms with E-state index < -0.39 is 173 Å². The maximum Gasteiger partial charge on any atom is 0.417 e. The van der Waals surface area contributed by atoms with Gasteiger partial charge in [-0.25, -0.2) is 0 Å². The fourth-order valence-corrected chi connectivity index (χ4v) is 13.7. The number of hydrogen-bond acceptors (Lipinski definition) is 11. The van der Waals surface area contributed by atoms with E-state index in [0.717, 1.165) is 74.9 Å². The highest BCUT2D eigenvalue weighted by Crippen LogP contribution is 2.38. The Morgan fingerprint density at radius 2 is 1.21 bits per heavy atom. The Balaban J connectivity index is 1.39. The van der Waals surface area contributed by atoms with Gasteiger partial charge in [-0.2, -0.15) is 26.3 Å². The van der Waals surface area contributed by atoms with Crippen LogP contribution in [0.1, 0.15) is 147 Å². The first-order chi connectivity index (χ1) is 44.9. The molecule has 1 spiro atoms. The SMILES string of the molecule is CC[C@H](C)[C@@H]1NC(=O)[C@H](CC(C)C)N(C)C(=O)C[C@@H](C)NC(=O)[C@H](C2CCCC2)N(C)C(=O)C2(CCCC2)NC(=O)C2CCCN2C(=O)[C@H](CCc2ccc(C(F)(F)F)c(Cl)c2)NC(=O)CN(C)C(=O)[C@H](Cc2ccc(C(F)(F)F)cc2)N(C)C(=O)CN(C)C(=O)CN(C)C1=O. The first-order valence-electron chi connectivity index (χ1n) is 33.0. The highest BCUT2D eigenvalue weighted by Gasteiger charge is 2.50. The summed E-state index contributed by atoms with van der Waals surface area (Å²) in [7, 11) is 7.94. The van der Waals surface area contributed by atoms with E-state index in [1.54, 1.807) is 20.8 Å². The highest BCUT2D eigenvalue weighted by atomic mass is 35.5. The summed E-state index contributed by atoms with van der Waals surface area (Å²) in [6, 6.07) is -1.72. The number of halogens is 7. The Hall–Kier alpha value is -7.52. The minimum absolute atomic E-state index is 0.0130. The Morgan fingerprint density at radius 1 is 0.615 bits per heavy atom. The standard InChI is InChI=1S/C67H94ClF6N11O11/c1-12-40(4)56-63(95)81(8)37-54(88)79(6)38-55(89)83(10)51(35-43-21-25-45(26-22-43)66(69,70)71)62(94)80(7)36-52(86)76-48(28-24-42-23-27-46(47(68)34-42)67(72,73)74)61(93)85-31-17-20-49(85)59(91)78-65(29-15-16-30-65)64(96)84(11)57(44-18-13-14-19-44)60(92)75-41(5)33-53(87)82(9)50(32-39(2)3)58(90)77-56/h21-23,25-27,34,39-41,44,48-51,56-57H,12-20,24,28-33,35-38H2,1-11H3,(H,75,92)(H,76,86)(H,77,90)(H,78,91)/t40-,41+,48-,49?,50-,51-,56-,57-/m0/s1. The van der Waals surface area contributed by atoms with Crippen LogP contribution in [0.4, 0.5) is 26.3 Å². The van der Waals surface area contributed by atoms with E-state index in [1.807, 2.05) is 13.8 Å². The molecule has 4 fully saturated rings. The van der Waals surface area contributed by atoms with Crippen LogP contribution in [0.25, 0.3) is 0 Å². The molecule has 4 N–H and O–H groups in total. The van der Waals surface area contributed by atoms with Crippen molar-refractivity contribution in [1.82, 2.24) is 55.6 Å². The van der Waals surface area contributed by atoms with Crippen molar-refractivity contribution in [3.05, 3.63) is 69.7 Å². The molecule has 8 atom stereocenters. The molecule has 532 valence electrons. The molecule has 6 rings (SSSR count). The molecule has 2 heterocycles. The second kappa shape index (κ2) is 33.2. The normalized spacial score (nSPS) is 25.4. The lowest BCUT2D eigenvalue weighted by Gasteiger charge is -2.40. The van der Waals surface area contributed by atoms with Crippen molar-refractivity contribution < 1.29 is 79.1 Å². The summed E-state index contributed by atoms with van der Waals surface area (Å²) in [6.45, 7) is 6.70. The summed E-state index contributed by atoms with van der Waals surface area (Å²) in [5.41, 5.74) is -3.27. The van der Waals surface area contributed by atoms with Crippen LogP contribution in [-0.4, -0.2) is 216 Å². The predicted octanol–water partition coefficient (Wildman–Crippen LogP) is 5.99. The molecular formula is C67H94ClF6N11O11. The zero-order valence-corrected chi connectivity index (χ0v) is 57.5. The van der Waals surface area contributed by atoms with Gasteiger partial charge >= 0.3 is 12.4 Å². The lowest BCUT2D eigenvalue weighted by molar-refractivity contribution is -0.149. The van der Waals surface area contributed by atoms with Gasteiger partial charge in [0.25, 0.3) is 0 Å². The molecule has 11 amide bonds. The summed E-state index contributed by atoms with van der Waals surface area (Å²) in [4.78, 5) is 168. The van der Waals surface area contributed by atoms with Gasteiger partial charge in [0, 0.05) is 67.7 Å². The minimum atomic E-state index is -4.80. The van der Waals surface area contributed by atoms with Crippen LogP contribution in [0.3, 0.4) is 0 Å². The van der Waals surface area contributed by atoms with E-state index in [1.165, 1.54) is 57.0 Å². The molecule has 4 aliphatic rings. The van der Waals surface area contributed by atoms with Gasteiger partial charge in [0.1, 0.15) is 41.8 Å². The largest absolute Gasteiger partial charge is 0.417 e. The highest BCUT2D eigenvalue weighted by molar-refractivity contribution is 6.31. The fraction of sp³-hybridized carbons (Fsp3) is 0.657. The first-order valence-corrected chi connectivity index (χ1v) is 33.3. The molecule has 96 heavy (non-hydrogen) atoms. The van der Waals surface area contributed by atoms with Gasteiger partial charge in [-0.3, -0.25) is 52.7 Å². The minimum Gasteiger partial charge on any atom is -0.351 e. The number of benzene rings is 2. The van der Waals surface area contributed by atoms with Crippen molar-refractivity contribution in [2.24, 2.45) is 17.8 Å². The Kier molecular flexibility index (Phi) is 26.8. The molecule has 1 unspecified atom stereocenters. The number of aryl methyl sites for hydroxylation is 1. The Bertz CT molecular complexity index is 3160. The van der Waals surface area contributed by atoms with E-state index in [-0.39, 0.29) is 80.9 Å². The van der Waals surface area contributed by atoms with Crippen LogP contribution in [-0.2, 0) is 77.9 Å². The smallest absolute Gasteiger partial charge is 0.351 e. The first kappa shape index (κ1) is 77.5. The van der Waals surface area contributed by atoms with Gasteiger partial charge in [0.15, 0.2) is 0 Å². The number of carbonyl (C=O) groups is 11. The number of nitrogens with one attached hydrogen (secondary N) is 4. The lowest BCUT2D eigenvalue weighted by Crippen LogP contribution is -2.64. The van der Waals surface area contributed by atoms with Crippen LogP contribution in [0.5, 0.6) is 0 Å². The zero-order chi connectivity index (χ0) is 71.5. The number of hydrogen-bond donors (Lipinski definition) is 4. The average molecular weight is 1380 g/mol. The second-order valence-electron chi connectivity index (χ2n) is 27.0. The van der Waals surface area contributed by atoms with Crippen molar-refractivity contribution >= 4 is 76.6 Å². The molecule has 2 saturated carbocycles. The molecule has 2 aromatic carbocycles. The van der Waals surface area contributed by atoms with Gasteiger partial charge < -0.3 is 55.6 Å². The second-order valence-corrected chi connectivity index (χ2v) is 27.4. The molecule has 2 aromatic rings. The van der Waals surface area contributed by atoms with Crippen molar-refractivity contribution in [3.63, 3.8) is 0 Å². The third kappa shape index (κ3) is 19.6. The molecule has 2 aliphatic carbocycles. The van der Waals surface area contributed by atoms with E-state index in [0.29, 0.717) is 32.1 Å². The van der Waals surface area contributed by atoms with Gasteiger partial charge in [-0.1, -0.05) is 89.6 Å².